The van der Waals surface area contributed by atoms with Crippen LogP contribution < -0.4 is 0 Å². The average Bonchev–Trinajstić information content (AvgIpc) is 2.36. The molecule has 0 aromatic rings. The van der Waals surface area contributed by atoms with E-state index in [2.05, 4.69) is 39.0 Å². The van der Waals surface area contributed by atoms with Crippen molar-refractivity contribution in [2.45, 2.75) is 47.5 Å². The molecule has 0 saturated heterocycles. The Labute approximate surface area is 125 Å². The molecule has 0 aliphatic rings. The fraction of sp³-hybridized carbons (Fsp3) is 0.529. The summed E-state index contributed by atoms with van der Waals surface area (Å²) in [7, 11) is -1.54. The minimum atomic E-state index is -1.54. The summed E-state index contributed by atoms with van der Waals surface area (Å²) in [6.07, 6.45) is 13.1. The van der Waals surface area contributed by atoms with Gasteiger partial charge in [0.15, 0.2) is 6.16 Å². The first kappa shape index (κ1) is 19.0. The quantitative estimate of drug-likeness (QED) is 0.298. The SMILES string of the molecule is CCO[P+](=O)C/C=C(C)/C=C/C=C(\C)CCC=C(C)C. The summed E-state index contributed by atoms with van der Waals surface area (Å²) >= 11 is 0. The standard InChI is InChI=1S/C17H28O2P/c1-6-19-20(18)14-13-17(5)12-8-11-16(4)10-7-9-15(2)3/h8-9,11-13H,6-7,10,14H2,1-5H3/q+1/b12-8+,16-11+,17-13+. The van der Waals surface area contributed by atoms with Gasteiger partial charge in [0.2, 0.25) is 0 Å². The summed E-state index contributed by atoms with van der Waals surface area (Å²) in [5.74, 6) is 0. The van der Waals surface area contributed by atoms with E-state index in [1.807, 2.05) is 26.0 Å². The van der Waals surface area contributed by atoms with Crippen molar-refractivity contribution in [3.05, 3.63) is 47.1 Å². The van der Waals surface area contributed by atoms with Gasteiger partial charge in [-0.2, -0.15) is 0 Å². The molecule has 0 aliphatic carbocycles. The molecule has 20 heavy (non-hydrogen) atoms. The van der Waals surface area contributed by atoms with Crippen molar-refractivity contribution >= 4 is 8.03 Å². The molecule has 0 rings (SSSR count). The first-order valence-electron chi connectivity index (χ1n) is 7.17. The lowest BCUT2D eigenvalue weighted by molar-refractivity contribution is 0.352. The highest BCUT2D eigenvalue weighted by molar-refractivity contribution is 7.39. The second kappa shape index (κ2) is 11.8. The van der Waals surface area contributed by atoms with Crippen LogP contribution in [0.5, 0.6) is 0 Å². The maximum atomic E-state index is 11.3. The van der Waals surface area contributed by atoms with E-state index in [1.165, 1.54) is 11.1 Å². The largest absolute Gasteiger partial charge is 0.512 e. The molecule has 0 aliphatic heterocycles. The molecule has 2 nitrogen and oxygen atoms in total. The Kier molecular flexibility index (Phi) is 11.2. The van der Waals surface area contributed by atoms with Crippen LogP contribution in [0.1, 0.15) is 47.5 Å². The van der Waals surface area contributed by atoms with Crippen LogP contribution in [0.3, 0.4) is 0 Å². The molecule has 0 aromatic heterocycles. The molecule has 0 saturated carbocycles. The summed E-state index contributed by atoms with van der Waals surface area (Å²) in [5.41, 5.74) is 3.85. The monoisotopic (exact) mass is 295 g/mol. The molecule has 112 valence electrons. The summed E-state index contributed by atoms with van der Waals surface area (Å²) in [6, 6.07) is 0. The van der Waals surface area contributed by atoms with Crippen LogP contribution in [0.15, 0.2) is 47.1 Å². The van der Waals surface area contributed by atoms with E-state index in [0.717, 1.165) is 18.4 Å². The maximum Gasteiger partial charge on any atom is 0.512 e. The van der Waals surface area contributed by atoms with Gasteiger partial charge in [-0.3, -0.25) is 0 Å². The molecule has 1 atom stereocenters. The fourth-order valence-electron chi connectivity index (χ4n) is 1.52. The summed E-state index contributed by atoms with van der Waals surface area (Å²) in [4.78, 5) is 0. The summed E-state index contributed by atoms with van der Waals surface area (Å²) in [6.45, 7) is 10.8. The van der Waals surface area contributed by atoms with Crippen LogP contribution in [-0.2, 0) is 9.09 Å². The zero-order chi connectivity index (χ0) is 15.4. The molecular formula is C17H28O2P+. The zero-order valence-electron chi connectivity index (χ0n) is 13.5. The van der Waals surface area contributed by atoms with Crippen molar-refractivity contribution in [2.24, 2.45) is 0 Å². The van der Waals surface area contributed by atoms with Gasteiger partial charge >= 0.3 is 8.03 Å². The second-order valence-electron chi connectivity index (χ2n) is 5.07. The van der Waals surface area contributed by atoms with E-state index >= 15 is 0 Å². The van der Waals surface area contributed by atoms with Gasteiger partial charge in [0, 0.05) is 0 Å². The fourth-order valence-corrected chi connectivity index (χ4v) is 2.35. The number of hydrogen-bond acceptors (Lipinski definition) is 2. The lowest BCUT2D eigenvalue weighted by Gasteiger charge is -1.96. The molecular weight excluding hydrogens is 267 g/mol. The topological polar surface area (TPSA) is 26.3 Å². The molecule has 0 spiro atoms. The maximum absolute atomic E-state index is 11.3. The Morgan fingerprint density at radius 1 is 1.15 bits per heavy atom. The van der Waals surface area contributed by atoms with E-state index in [9.17, 15) is 4.57 Å². The Balaban J connectivity index is 4.17. The van der Waals surface area contributed by atoms with Crippen LogP contribution in [0, 0.1) is 0 Å². The first-order valence-corrected chi connectivity index (χ1v) is 8.53. The van der Waals surface area contributed by atoms with Crippen LogP contribution >= 0.6 is 8.03 Å². The van der Waals surface area contributed by atoms with Crippen molar-refractivity contribution in [3.8, 4) is 0 Å². The molecule has 0 aromatic carbocycles. The van der Waals surface area contributed by atoms with E-state index < -0.39 is 8.03 Å². The third kappa shape index (κ3) is 12.1. The lowest BCUT2D eigenvalue weighted by Crippen LogP contribution is -1.81. The van der Waals surface area contributed by atoms with Crippen molar-refractivity contribution in [1.29, 1.82) is 0 Å². The molecule has 0 heterocycles. The summed E-state index contributed by atoms with van der Waals surface area (Å²) < 4.78 is 16.4. The van der Waals surface area contributed by atoms with Gasteiger partial charge in [-0.25, -0.2) is 0 Å². The van der Waals surface area contributed by atoms with Crippen LogP contribution in [0.2, 0.25) is 0 Å². The molecule has 3 heteroatoms. The third-order valence-corrected chi connectivity index (χ3v) is 3.69. The van der Waals surface area contributed by atoms with Crippen molar-refractivity contribution in [1.82, 2.24) is 0 Å². The zero-order valence-corrected chi connectivity index (χ0v) is 14.4. The van der Waals surface area contributed by atoms with Gasteiger partial charge in [-0.05, 0) is 58.1 Å². The Morgan fingerprint density at radius 2 is 1.85 bits per heavy atom. The van der Waals surface area contributed by atoms with Gasteiger partial charge in [0.05, 0.1) is 6.61 Å². The van der Waals surface area contributed by atoms with E-state index in [1.54, 1.807) is 0 Å². The molecule has 0 bridgehead atoms. The first-order chi connectivity index (χ1) is 9.45. The van der Waals surface area contributed by atoms with Crippen LogP contribution in [0.4, 0.5) is 0 Å². The Morgan fingerprint density at radius 3 is 2.45 bits per heavy atom. The third-order valence-electron chi connectivity index (χ3n) is 2.67. The minimum absolute atomic E-state index is 0.489. The van der Waals surface area contributed by atoms with Crippen LogP contribution in [0.25, 0.3) is 0 Å². The highest BCUT2D eigenvalue weighted by atomic mass is 31.1. The average molecular weight is 295 g/mol. The van der Waals surface area contributed by atoms with Gasteiger partial charge in [0.25, 0.3) is 0 Å². The normalized spacial score (nSPS) is 13.8. The number of rotatable bonds is 9. The number of allylic oxidation sites excluding steroid dienone is 8. The Bertz CT molecular complexity index is 411. The van der Waals surface area contributed by atoms with Crippen LogP contribution in [-0.4, -0.2) is 12.8 Å². The summed E-state index contributed by atoms with van der Waals surface area (Å²) in [5, 5.41) is 0. The predicted octanol–water partition coefficient (Wildman–Crippen LogP) is 5.96. The molecule has 0 fully saturated rings. The highest BCUT2D eigenvalue weighted by Crippen LogP contribution is 2.22. The predicted molar refractivity (Wildman–Crippen MR) is 89.4 cm³/mol. The molecule has 0 amide bonds. The smallest absolute Gasteiger partial charge is 0.146 e. The van der Waals surface area contributed by atoms with Gasteiger partial charge in [-0.1, -0.05) is 41.0 Å². The van der Waals surface area contributed by atoms with Gasteiger partial charge in [0.1, 0.15) is 0 Å². The Hall–Kier alpha value is -0.980. The minimum Gasteiger partial charge on any atom is -0.146 e. The second-order valence-corrected chi connectivity index (χ2v) is 6.36. The molecule has 0 N–H and O–H groups in total. The lowest BCUT2D eigenvalue weighted by atomic mass is 10.1. The number of hydrogen-bond donors (Lipinski definition) is 0. The van der Waals surface area contributed by atoms with E-state index in [-0.39, 0.29) is 0 Å². The highest BCUT2D eigenvalue weighted by Gasteiger charge is 2.12. The van der Waals surface area contributed by atoms with Crippen molar-refractivity contribution in [3.63, 3.8) is 0 Å². The van der Waals surface area contributed by atoms with Gasteiger partial charge < -0.3 is 0 Å². The van der Waals surface area contributed by atoms with Gasteiger partial charge in [-0.15, -0.1) is 4.52 Å². The molecule has 1 unspecified atom stereocenters. The van der Waals surface area contributed by atoms with E-state index in [0.29, 0.717) is 12.8 Å². The van der Waals surface area contributed by atoms with Crippen molar-refractivity contribution < 1.29 is 9.09 Å². The molecule has 0 radical (unpaired) electrons. The van der Waals surface area contributed by atoms with E-state index in [4.69, 9.17) is 4.52 Å². The van der Waals surface area contributed by atoms with Crippen molar-refractivity contribution in [2.75, 3.05) is 12.8 Å².